The highest BCUT2D eigenvalue weighted by molar-refractivity contribution is 7.85. The first kappa shape index (κ1) is 17.7. The standard InChI is InChI=1S/C16H16ClN3O4S/c1-25(22,23)24-10-11-5-6-20-14(9-18-15(20)7-11)16(21)19-13-4-2-3-12(17)8-13/h2-9,16,19,21H,10H2,1H3. The van der Waals surface area contributed by atoms with Crippen molar-refractivity contribution >= 4 is 33.1 Å². The number of hydrogen-bond donors (Lipinski definition) is 2. The van der Waals surface area contributed by atoms with Crippen LogP contribution in [0.15, 0.2) is 48.8 Å². The summed E-state index contributed by atoms with van der Waals surface area (Å²) in [5, 5.41) is 13.9. The van der Waals surface area contributed by atoms with E-state index in [0.717, 1.165) is 6.26 Å². The van der Waals surface area contributed by atoms with E-state index in [-0.39, 0.29) is 6.61 Å². The van der Waals surface area contributed by atoms with Gasteiger partial charge in [0.15, 0.2) is 6.23 Å². The van der Waals surface area contributed by atoms with Crippen LogP contribution in [-0.2, 0) is 20.9 Å². The Morgan fingerprint density at radius 3 is 2.88 bits per heavy atom. The lowest BCUT2D eigenvalue weighted by Gasteiger charge is -2.14. The van der Waals surface area contributed by atoms with Crippen LogP contribution in [0.1, 0.15) is 17.5 Å². The Labute approximate surface area is 150 Å². The van der Waals surface area contributed by atoms with E-state index in [1.54, 1.807) is 53.2 Å². The van der Waals surface area contributed by atoms with E-state index in [4.69, 9.17) is 15.8 Å². The zero-order valence-corrected chi connectivity index (χ0v) is 14.8. The molecule has 1 aromatic carbocycles. The van der Waals surface area contributed by atoms with Crippen molar-refractivity contribution in [3.63, 3.8) is 0 Å². The molecule has 0 amide bonds. The molecule has 3 rings (SSSR count). The Kier molecular flexibility index (Phi) is 4.96. The molecule has 2 N–H and O–H groups in total. The second-order valence-electron chi connectivity index (χ2n) is 5.47. The lowest BCUT2D eigenvalue weighted by atomic mass is 10.3. The van der Waals surface area contributed by atoms with E-state index in [1.807, 2.05) is 0 Å². The molecule has 1 unspecified atom stereocenters. The molecule has 7 nitrogen and oxygen atoms in total. The maximum atomic E-state index is 11.1. The summed E-state index contributed by atoms with van der Waals surface area (Å²) in [6.45, 7) is -0.0686. The monoisotopic (exact) mass is 381 g/mol. The van der Waals surface area contributed by atoms with Gasteiger partial charge in [-0.1, -0.05) is 17.7 Å². The third-order valence-corrected chi connectivity index (χ3v) is 4.24. The summed E-state index contributed by atoms with van der Waals surface area (Å²) in [5.41, 5.74) is 2.43. The summed E-state index contributed by atoms with van der Waals surface area (Å²) in [6, 6.07) is 10.4. The van der Waals surface area contributed by atoms with Crippen LogP contribution in [0.25, 0.3) is 5.65 Å². The van der Waals surface area contributed by atoms with Crippen LogP contribution in [0.2, 0.25) is 5.02 Å². The topological polar surface area (TPSA) is 92.9 Å². The fraction of sp³-hybridized carbons (Fsp3) is 0.188. The molecule has 2 heterocycles. The summed E-state index contributed by atoms with van der Waals surface area (Å²) in [5.74, 6) is 0. The van der Waals surface area contributed by atoms with Crippen LogP contribution in [0.3, 0.4) is 0 Å². The number of fused-ring (bicyclic) bond motifs is 1. The van der Waals surface area contributed by atoms with Gasteiger partial charge in [-0.15, -0.1) is 0 Å². The van der Waals surface area contributed by atoms with Crippen molar-refractivity contribution in [1.82, 2.24) is 9.38 Å². The van der Waals surface area contributed by atoms with Crippen molar-refractivity contribution in [3.05, 3.63) is 65.1 Å². The number of aliphatic hydroxyl groups excluding tert-OH is 1. The van der Waals surface area contributed by atoms with Crippen molar-refractivity contribution in [3.8, 4) is 0 Å². The average Bonchev–Trinajstić information content (AvgIpc) is 2.95. The molecule has 0 saturated heterocycles. The normalized spacial score (nSPS) is 13.1. The molecule has 3 aromatic rings. The van der Waals surface area contributed by atoms with Gasteiger partial charge in [-0.2, -0.15) is 8.42 Å². The molecule has 2 aromatic heterocycles. The predicted octanol–water partition coefficient (Wildman–Crippen LogP) is 2.57. The number of anilines is 1. The first-order valence-corrected chi connectivity index (χ1v) is 9.52. The molecule has 0 bridgehead atoms. The lowest BCUT2D eigenvalue weighted by molar-refractivity contribution is 0.202. The number of aliphatic hydroxyl groups is 1. The quantitative estimate of drug-likeness (QED) is 0.503. The number of rotatable bonds is 6. The minimum absolute atomic E-state index is 0.0686. The minimum Gasteiger partial charge on any atom is -0.368 e. The molecule has 9 heteroatoms. The van der Waals surface area contributed by atoms with E-state index in [0.29, 0.717) is 27.6 Å². The smallest absolute Gasteiger partial charge is 0.264 e. The molecule has 0 aliphatic carbocycles. The van der Waals surface area contributed by atoms with Gasteiger partial charge in [-0.05, 0) is 35.9 Å². The zero-order valence-electron chi connectivity index (χ0n) is 13.3. The molecular weight excluding hydrogens is 366 g/mol. The maximum absolute atomic E-state index is 11.1. The van der Waals surface area contributed by atoms with Gasteiger partial charge in [0.25, 0.3) is 10.1 Å². The first-order chi connectivity index (χ1) is 11.8. The minimum atomic E-state index is -3.51. The molecule has 0 fully saturated rings. The fourth-order valence-corrected chi connectivity index (χ4v) is 2.86. The molecule has 1 atom stereocenters. The molecule has 0 aliphatic rings. The Hall–Kier alpha value is -2.13. The molecule has 0 aliphatic heterocycles. The molecule has 132 valence electrons. The molecule has 25 heavy (non-hydrogen) atoms. The van der Waals surface area contributed by atoms with Gasteiger partial charge in [0.05, 0.1) is 24.8 Å². The highest BCUT2D eigenvalue weighted by Gasteiger charge is 2.14. The Balaban J connectivity index is 1.80. The van der Waals surface area contributed by atoms with Gasteiger partial charge in [0, 0.05) is 16.9 Å². The van der Waals surface area contributed by atoms with E-state index in [1.165, 1.54) is 0 Å². The molecular formula is C16H16ClN3O4S. The highest BCUT2D eigenvalue weighted by Crippen LogP contribution is 2.21. The summed E-state index contributed by atoms with van der Waals surface area (Å²) >= 11 is 5.93. The van der Waals surface area contributed by atoms with Gasteiger partial charge in [0.1, 0.15) is 5.65 Å². The third kappa shape index (κ3) is 4.49. The van der Waals surface area contributed by atoms with Crippen LogP contribution >= 0.6 is 11.6 Å². The number of nitrogens with one attached hydrogen (secondary N) is 1. The van der Waals surface area contributed by atoms with Crippen LogP contribution in [-0.4, -0.2) is 29.2 Å². The van der Waals surface area contributed by atoms with E-state index in [9.17, 15) is 13.5 Å². The van der Waals surface area contributed by atoms with Crippen LogP contribution in [0, 0.1) is 0 Å². The second kappa shape index (κ2) is 7.01. The maximum Gasteiger partial charge on any atom is 0.264 e. The van der Waals surface area contributed by atoms with Crippen molar-refractivity contribution in [2.75, 3.05) is 11.6 Å². The van der Waals surface area contributed by atoms with Crippen molar-refractivity contribution in [2.24, 2.45) is 0 Å². The summed E-state index contributed by atoms with van der Waals surface area (Å²) in [7, 11) is -3.51. The van der Waals surface area contributed by atoms with Gasteiger partial charge < -0.3 is 10.4 Å². The SMILES string of the molecule is CS(=O)(=O)OCc1ccn2c(C(O)Nc3cccc(Cl)c3)cnc2c1. The third-order valence-electron chi connectivity index (χ3n) is 3.45. The second-order valence-corrected chi connectivity index (χ2v) is 7.55. The fourth-order valence-electron chi connectivity index (χ4n) is 2.32. The van der Waals surface area contributed by atoms with Crippen molar-refractivity contribution in [2.45, 2.75) is 12.8 Å². The van der Waals surface area contributed by atoms with Gasteiger partial charge in [-0.3, -0.25) is 8.58 Å². The van der Waals surface area contributed by atoms with Gasteiger partial charge >= 0.3 is 0 Å². The van der Waals surface area contributed by atoms with Crippen molar-refractivity contribution < 1.29 is 17.7 Å². The summed E-state index contributed by atoms with van der Waals surface area (Å²) in [4.78, 5) is 4.24. The zero-order chi connectivity index (χ0) is 18.0. The number of nitrogens with zero attached hydrogens (tertiary/aromatic N) is 2. The number of benzene rings is 1. The number of imidazole rings is 1. The largest absolute Gasteiger partial charge is 0.368 e. The predicted molar refractivity (Wildman–Crippen MR) is 94.9 cm³/mol. The highest BCUT2D eigenvalue weighted by atomic mass is 35.5. The summed E-state index contributed by atoms with van der Waals surface area (Å²) < 4.78 is 28.6. The van der Waals surface area contributed by atoms with Crippen LogP contribution in [0.5, 0.6) is 0 Å². The lowest BCUT2D eigenvalue weighted by Crippen LogP contribution is -2.12. The number of aromatic nitrogens is 2. The first-order valence-electron chi connectivity index (χ1n) is 7.32. The average molecular weight is 382 g/mol. The Morgan fingerprint density at radius 2 is 2.16 bits per heavy atom. The van der Waals surface area contributed by atoms with E-state index >= 15 is 0 Å². The number of hydrogen-bond acceptors (Lipinski definition) is 6. The van der Waals surface area contributed by atoms with E-state index < -0.39 is 16.3 Å². The van der Waals surface area contributed by atoms with Crippen LogP contribution in [0.4, 0.5) is 5.69 Å². The van der Waals surface area contributed by atoms with Crippen molar-refractivity contribution in [1.29, 1.82) is 0 Å². The Bertz CT molecular complexity index is 1000. The van der Waals surface area contributed by atoms with Gasteiger partial charge in [-0.25, -0.2) is 4.98 Å². The summed E-state index contributed by atoms with van der Waals surface area (Å²) in [6.07, 6.45) is 3.24. The molecule has 0 saturated carbocycles. The molecule has 0 radical (unpaired) electrons. The molecule has 0 spiro atoms. The number of halogens is 1. The number of pyridine rings is 1. The Morgan fingerprint density at radius 1 is 1.36 bits per heavy atom. The van der Waals surface area contributed by atoms with Gasteiger partial charge in [0.2, 0.25) is 0 Å². The van der Waals surface area contributed by atoms with Crippen LogP contribution < -0.4 is 5.32 Å². The van der Waals surface area contributed by atoms with E-state index in [2.05, 4.69) is 10.3 Å².